The number of hydrogen-bond acceptors (Lipinski definition) is 11. The number of carbonyl (C=O) groups excluding carboxylic acids is 2. The van der Waals surface area contributed by atoms with Crippen LogP contribution in [0.5, 0.6) is 0 Å². The predicted molar refractivity (Wildman–Crippen MR) is 191 cm³/mol. The van der Waals surface area contributed by atoms with Crippen LogP contribution < -0.4 is 0 Å². The number of cyclic esters (lactones) is 1. The molecule has 0 radical (unpaired) electrons. The van der Waals surface area contributed by atoms with Crippen molar-refractivity contribution in [3.8, 4) is 0 Å². The smallest absolute Gasteiger partial charge is 0.373 e. The Labute approximate surface area is 302 Å². The lowest BCUT2D eigenvalue weighted by Crippen LogP contribution is -2.60. The second kappa shape index (κ2) is 19.5. The SMILES string of the molecule is CO/C1=C/C(C)=C\[C@@H](C)[C@H](O)[C@@H](C)C/C(C)=C/C=C/[C@H](OC)C([C@@H](C)[C@@H](O)[C@H](C)[C@]2(OC(=O)/C=C/C(=O)O)C[C@H](O)[C@@H](C)[C@H](C(C)C)O2)OC1=O. The molecule has 51 heavy (non-hydrogen) atoms. The zero-order valence-electron chi connectivity index (χ0n) is 31.9. The highest BCUT2D eigenvalue weighted by molar-refractivity contribution is 5.91. The van der Waals surface area contributed by atoms with Crippen LogP contribution in [0.15, 0.2) is 59.4 Å². The van der Waals surface area contributed by atoms with Gasteiger partial charge in [-0.05, 0) is 38.2 Å². The average Bonchev–Trinajstić information content (AvgIpc) is 3.06. The first-order valence-corrected chi connectivity index (χ1v) is 17.7. The molecule has 288 valence electrons. The van der Waals surface area contributed by atoms with Gasteiger partial charge in [0.25, 0.3) is 0 Å². The van der Waals surface area contributed by atoms with Gasteiger partial charge in [0, 0.05) is 49.4 Å². The van der Waals surface area contributed by atoms with Gasteiger partial charge in [0.05, 0.1) is 31.5 Å². The molecule has 4 N–H and O–H groups in total. The van der Waals surface area contributed by atoms with E-state index in [0.29, 0.717) is 18.1 Å². The Morgan fingerprint density at radius 2 is 1.69 bits per heavy atom. The average molecular weight is 721 g/mol. The molecule has 0 spiro atoms. The van der Waals surface area contributed by atoms with Crippen molar-refractivity contribution in [2.75, 3.05) is 14.2 Å². The van der Waals surface area contributed by atoms with Crippen molar-refractivity contribution in [1.82, 2.24) is 0 Å². The largest absolute Gasteiger partial charge is 0.490 e. The molecule has 2 heterocycles. The molecule has 0 saturated carbocycles. The first-order valence-electron chi connectivity index (χ1n) is 17.7. The molecule has 0 aliphatic carbocycles. The lowest BCUT2D eigenvalue weighted by Gasteiger charge is -2.51. The summed E-state index contributed by atoms with van der Waals surface area (Å²) in [6.45, 7) is 16.5. The van der Waals surface area contributed by atoms with E-state index in [2.05, 4.69) is 0 Å². The van der Waals surface area contributed by atoms with E-state index in [1.165, 1.54) is 20.3 Å². The zero-order valence-corrected chi connectivity index (χ0v) is 31.9. The van der Waals surface area contributed by atoms with Crippen molar-refractivity contribution in [2.24, 2.45) is 35.5 Å². The minimum Gasteiger partial charge on any atom is -0.490 e. The number of aliphatic hydroxyl groups excluding tert-OH is 3. The molecular formula is C39H60O12. The number of methoxy groups -OCH3 is 2. The Morgan fingerprint density at radius 3 is 2.25 bits per heavy atom. The van der Waals surface area contributed by atoms with Crippen LogP contribution in [0.4, 0.5) is 0 Å². The molecule has 1 saturated heterocycles. The number of allylic oxidation sites excluding steroid dienone is 5. The maximum absolute atomic E-state index is 13.7. The molecule has 0 aromatic carbocycles. The summed E-state index contributed by atoms with van der Waals surface area (Å²) in [6, 6.07) is 0. The summed E-state index contributed by atoms with van der Waals surface area (Å²) in [7, 11) is 2.78. The summed E-state index contributed by atoms with van der Waals surface area (Å²) in [5, 5.41) is 43.3. The van der Waals surface area contributed by atoms with Crippen molar-refractivity contribution in [3.05, 3.63) is 59.4 Å². The summed E-state index contributed by atoms with van der Waals surface area (Å²) in [5.41, 5.74) is 1.68. The Balaban J connectivity index is 2.67. The first-order chi connectivity index (χ1) is 23.8. The van der Waals surface area contributed by atoms with Crippen LogP contribution in [0.2, 0.25) is 0 Å². The molecule has 2 aliphatic rings. The monoisotopic (exact) mass is 720 g/mol. The van der Waals surface area contributed by atoms with E-state index in [9.17, 15) is 29.7 Å². The summed E-state index contributed by atoms with van der Waals surface area (Å²) >= 11 is 0. The number of carboxylic acids is 1. The lowest BCUT2D eigenvalue weighted by atomic mass is 9.76. The zero-order chi connectivity index (χ0) is 38.8. The Kier molecular flexibility index (Phi) is 16.8. The normalized spacial score (nSPS) is 37.1. The highest BCUT2D eigenvalue weighted by atomic mass is 16.7. The van der Waals surface area contributed by atoms with Gasteiger partial charge in [-0.2, -0.15) is 0 Å². The summed E-state index contributed by atoms with van der Waals surface area (Å²) in [5.74, 6) is -7.86. The third-order valence-electron chi connectivity index (χ3n) is 10.1. The molecule has 0 amide bonds. The van der Waals surface area contributed by atoms with Crippen LogP contribution in [-0.2, 0) is 38.1 Å². The number of carboxylic acid groups (broad SMARTS) is 1. The number of aliphatic hydroxyl groups is 3. The second-order valence-electron chi connectivity index (χ2n) is 14.6. The molecule has 12 heteroatoms. The van der Waals surface area contributed by atoms with E-state index in [0.717, 1.165) is 11.6 Å². The quantitative estimate of drug-likeness (QED) is 0.178. The third-order valence-corrected chi connectivity index (χ3v) is 10.1. The van der Waals surface area contributed by atoms with E-state index in [1.807, 2.05) is 53.7 Å². The fraction of sp³-hybridized carbons (Fsp3) is 0.667. The van der Waals surface area contributed by atoms with E-state index in [-0.39, 0.29) is 35.9 Å². The summed E-state index contributed by atoms with van der Waals surface area (Å²) in [6.07, 6.45) is 4.96. The minimum absolute atomic E-state index is 0.0556. The molecule has 12 nitrogen and oxygen atoms in total. The Morgan fingerprint density at radius 1 is 1.04 bits per heavy atom. The van der Waals surface area contributed by atoms with Gasteiger partial charge < -0.3 is 44.1 Å². The number of rotatable bonds is 10. The number of carbonyl (C=O) groups is 3. The van der Waals surface area contributed by atoms with Gasteiger partial charge in [-0.1, -0.05) is 83.9 Å². The maximum Gasteiger partial charge on any atom is 0.373 e. The fourth-order valence-corrected chi connectivity index (χ4v) is 7.02. The molecule has 1 fully saturated rings. The number of aliphatic carboxylic acids is 1. The van der Waals surface area contributed by atoms with Gasteiger partial charge in [0.2, 0.25) is 11.5 Å². The van der Waals surface area contributed by atoms with Gasteiger partial charge in [-0.25, -0.2) is 14.4 Å². The summed E-state index contributed by atoms with van der Waals surface area (Å²) in [4.78, 5) is 37.8. The first kappa shape index (κ1) is 43.9. The van der Waals surface area contributed by atoms with Crippen molar-refractivity contribution in [3.63, 3.8) is 0 Å². The van der Waals surface area contributed by atoms with Gasteiger partial charge in [-0.3, -0.25) is 0 Å². The maximum atomic E-state index is 13.7. The van der Waals surface area contributed by atoms with E-state index in [1.54, 1.807) is 32.9 Å². The van der Waals surface area contributed by atoms with Crippen molar-refractivity contribution in [1.29, 1.82) is 0 Å². The molecular weight excluding hydrogens is 660 g/mol. The summed E-state index contributed by atoms with van der Waals surface area (Å²) < 4.78 is 29.6. The fourth-order valence-electron chi connectivity index (χ4n) is 7.02. The number of ether oxygens (including phenoxy) is 5. The lowest BCUT2D eigenvalue weighted by molar-refractivity contribution is -0.331. The van der Waals surface area contributed by atoms with E-state index < -0.39 is 72.2 Å². The van der Waals surface area contributed by atoms with Crippen LogP contribution in [0.25, 0.3) is 0 Å². The topological polar surface area (TPSA) is 178 Å². The molecule has 2 rings (SSSR count). The molecule has 2 aliphatic heterocycles. The van der Waals surface area contributed by atoms with Crippen LogP contribution in [0.1, 0.15) is 75.2 Å². The highest BCUT2D eigenvalue weighted by Gasteiger charge is 2.55. The molecule has 1 unspecified atom stereocenters. The third kappa shape index (κ3) is 11.9. The van der Waals surface area contributed by atoms with Gasteiger partial charge in [-0.15, -0.1) is 0 Å². The molecule has 0 aromatic heterocycles. The Hall–Kier alpha value is -3.29. The van der Waals surface area contributed by atoms with Crippen molar-refractivity contribution in [2.45, 2.75) is 118 Å². The number of esters is 2. The van der Waals surface area contributed by atoms with Crippen molar-refractivity contribution >= 4 is 17.9 Å². The predicted octanol–water partition coefficient (Wildman–Crippen LogP) is 4.88. The Bertz CT molecular complexity index is 1350. The van der Waals surface area contributed by atoms with Gasteiger partial charge >= 0.3 is 17.9 Å². The van der Waals surface area contributed by atoms with Crippen LogP contribution in [0.3, 0.4) is 0 Å². The number of hydrogen-bond donors (Lipinski definition) is 4. The van der Waals surface area contributed by atoms with Gasteiger partial charge in [0.1, 0.15) is 12.2 Å². The second-order valence-corrected chi connectivity index (χ2v) is 14.6. The van der Waals surface area contributed by atoms with Crippen LogP contribution in [0, 0.1) is 35.5 Å². The highest BCUT2D eigenvalue weighted by Crippen LogP contribution is 2.44. The molecule has 0 aromatic rings. The minimum atomic E-state index is -1.88. The van der Waals surface area contributed by atoms with Gasteiger partial charge in [0.15, 0.2) is 0 Å². The van der Waals surface area contributed by atoms with E-state index in [4.69, 9.17) is 28.8 Å². The van der Waals surface area contributed by atoms with Crippen molar-refractivity contribution < 1.29 is 58.5 Å². The van der Waals surface area contributed by atoms with Crippen LogP contribution in [-0.4, -0.2) is 95.0 Å². The van der Waals surface area contributed by atoms with Crippen LogP contribution >= 0.6 is 0 Å². The standard InChI is InChI=1S/C39H60O12/c1-21(2)36-26(7)29(40)20-39(51-36,50-33(43)16-15-32(41)42)28(9)35(45)27(8)37-30(47-10)14-12-13-22(3)17-24(5)34(44)25(6)18-23(4)19-31(48-11)38(46)49-37/h12-16,18-19,21,24-30,34-37,40,44-45H,17,20H2,1-11H3,(H,41,42)/b14-12+,16-15+,22-13+,23-18-,31-19+/t24-,25+,26+,27-,28-,29-,30-,34+,35+,36-,37?,39-/m0/s1. The molecule has 12 atom stereocenters. The molecule has 0 bridgehead atoms. The van der Waals surface area contributed by atoms with E-state index >= 15 is 0 Å².